The number of rotatable bonds is 4. The van der Waals surface area contributed by atoms with E-state index in [0.29, 0.717) is 59.1 Å². The molecule has 6 aromatic carbocycles. The van der Waals surface area contributed by atoms with Crippen LogP contribution in [0, 0.1) is 35.5 Å². The third-order valence-electron chi connectivity index (χ3n) is 14.4. The van der Waals surface area contributed by atoms with Crippen LogP contribution in [0.2, 0.25) is 0 Å². The number of fused-ring (bicyclic) bond motifs is 5. The van der Waals surface area contributed by atoms with Gasteiger partial charge in [-0.2, -0.15) is 0 Å². The summed E-state index contributed by atoms with van der Waals surface area (Å²) in [5.74, 6) is 0.500. The van der Waals surface area contributed by atoms with Crippen molar-refractivity contribution in [1.82, 2.24) is 0 Å². The summed E-state index contributed by atoms with van der Waals surface area (Å²) in [6.45, 7) is 0. The Morgan fingerprint density at radius 2 is 0.603 bits per heavy atom. The Labute approximate surface area is 338 Å². The van der Waals surface area contributed by atoms with E-state index in [1.165, 1.54) is 0 Å². The predicted octanol–water partition coefficient (Wildman–Crippen LogP) is 12.2. The molecule has 6 aromatic rings. The van der Waals surface area contributed by atoms with Crippen LogP contribution in [0.3, 0.4) is 0 Å². The molecule has 11 rings (SSSR count). The van der Waals surface area contributed by atoms with Crippen molar-refractivity contribution in [3.63, 3.8) is 0 Å². The first-order valence-electron chi connectivity index (χ1n) is 20.9. The number of hydrogen-bond donors (Lipinski definition) is 0. The molecule has 58 heavy (non-hydrogen) atoms. The van der Waals surface area contributed by atoms with Crippen LogP contribution in [-0.2, 0) is 0 Å². The van der Waals surface area contributed by atoms with Gasteiger partial charge in [-0.1, -0.05) is 146 Å². The monoisotopic (exact) mass is 754 g/mol. The first kappa shape index (κ1) is 34.9. The standard InChI is InChI=1S/C54H42O4/c55-51-43-27-35-25-37-29-45-46(54(58)50-42(34-19-11-4-12-20-34)24-23-41(49(50)53(45)57)33-17-9-3-10-18-33)30-38(37)26-36(35)28-44(43)52(56)48-40(32-15-7-2-8-16-32)22-21-39(47(48)51)31-13-5-1-6-14-31/h1-24,35-38,43-44H,25-30H2. The number of hydrogen-bond acceptors (Lipinski definition) is 4. The Balaban J connectivity index is 0.944. The number of allylic oxidation sites excluding steroid dienone is 2. The molecule has 5 aliphatic carbocycles. The molecule has 0 saturated heterocycles. The minimum atomic E-state index is -0.362. The molecule has 2 saturated carbocycles. The summed E-state index contributed by atoms with van der Waals surface area (Å²) in [6.07, 6.45) is 4.35. The van der Waals surface area contributed by atoms with Crippen LogP contribution in [0.15, 0.2) is 157 Å². The van der Waals surface area contributed by atoms with Gasteiger partial charge in [-0.25, -0.2) is 0 Å². The van der Waals surface area contributed by atoms with E-state index < -0.39 is 0 Å². The zero-order valence-electron chi connectivity index (χ0n) is 32.2. The van der Waals surface area contributed by atoms with Crippen LogP contribution in [0.1, 0.15) is 80.0 Å². The van der Waals surface area contributed by atoms with Crippen molar-refractivity contribution in [2.45, 2.75) is 38.5 Å². The van der Waals surface area contributed by atoms with Crippen LogP contribution in [0.4, 0.5) is 0 Å². The highest BCUT2D eigenvalue weighted by molar-refractivity contribution is 6.31. The maximum atomic E-state index is 15.0. The van der Waals surface area contributed by atoms with Gasteiger partial charge in [-0.15, -0.1) is 0 Å². The van der Waals surface area contributed by atoms with Gasteiger partial charge in [0.25, 0.3) is 0 Å². The molecule has 0 aromatic heterocycles. The first-order chi connectivity index (χ1) is 28.4. The SMILES string of the molecule is O=C1C2=C(CC3CC4CC5C(=O)c6c(-c7ccccc7)ccc(-c7ccccc7)c6C(=O)C5CC4CC3C2)C(=O)c2c(-c3ccccc3)ccc(-c3ccccc3)c21. The number of benzene rings is 6. The van der Waals surface area contributed by atoms with Gasteiger partial charge < -0.3 is 0 Å². The van der Waals surface area contributed by atoms with Gasteiger partial charge in [-0.3, -0.25) is 19.2 Å². The highest BCUT2D eigenvalue weighted by atomic mass is 16.1. The predicted molar refractivity (Wildman–Crippen MR) is 228 cm³/mol. The maximum Gasteiger partial charge on any atom is 0.190 e. The molecule has 0 spiro atoms. The van der Waals surface area contributed by atoms with Crippen LogP contribution >= 0.6 is 0 Å². The highest BCUT2D eigenvalue weighted by Crippen LogP contribution is 2.57. The number of carbonyl (C=O) groups excluding carboxylic acids is 4. The Morgan fingerprint density at radius 3 is 0.914 bits per heavy atom. The van der Waals surface area contributed by atoms with Crippen molar-refractivity contribution in [3.8, 4) is 44.5 Å². The quantitative estimate of drug-likeness (QED) is 0.180. The summed E-state index contributed by atoms with van der Waals surface area (Å²) in [5.41, 5.74) is 10.6. The summed E-state index contributed by atoms with van der Waals surface area (Å²) in [5, 5.41) is 0. The fraction of sp³-hybridized carbons (Fsp3) is 0.222. The molecule has 5 aliphatic rings. The van der Waals surface area contributed by atoms with Crippen LogP contribution in [-0.4, -0.2) is 23.1 Å². The lowest BCUT2D eigenvalue weighted by Crippen LogP contribution is -2.47. The zero-order chi connectivity index (χ0) is 39.1. The fourth-order valence-corrected chi connectivity index (χ4v) is 11.7. The average Bonchev–Trinajstić information content (AvgIpc) is 3.28. The lowest BCUT2D eigenvalue weighted by molar-refractivity contribution is 0.0196. The van der Waals surface area contributed by atoms with E-state index in [-0.39, 0.29) is 58.6 Å². The van der Waals surface area contributed by atoms with Crippen LogP contribution in [0.5, 0.6) is 0 Å². The van der Waals surface area contributed by atoms with Crippen molar-refractivity contribution in [2.75, 3.05) is 0 Å². The van der Waals surface area contributed by atoms with Gasteiger partial charge >= 0.3 is 0 Å². The Hall–Kier alpha value is -6.26. The third kappa shape index (κ3) is 5.41. The summed E-state index contributed by atoms with van der Waals surface area (Å²) < 4.78 is 0. The molecule has 0 bridgehead atoms. The third-order valence-corrected chi connectivity index (χ3v) is 14.4. The van der Waals surface area contributed by atoms with E-state index in [1.807, 2.05) is 146 Å². The highest BCUT2D eigenvalue weighted by Gasteiger charge is 2.53. The Bertz CT molecular complexity index is 2520. The molecule has 4 nitrogen and oxygen atoms in total. The van der Waals surface area contributed by atoms with E-state index in [2.05, 4.69) is 0 Å². The zero-order valence-corrected chi connectivity index (χ0v) is 32.2. The van der Waals surface area contributed by atoms with Crippen LogP contribution < -0.4 is 0 Å². The minimum Gasteiger partial charge on any atom is -0.294 e. The fourth-order valence-electron chi connectivity index (χ4n) is 11.7. The first-order valence-corrected chi connectivity index (χ1v) is 20.9. The largest absolute Gasteiger partial charge is 0.294 e. The molecule has 0 amide bonds. The normalized spacial score (nSPS) is 24.6. The van der Waals surface area contributed by atoms with Gasteiger partial charge in [0.1, 0.15) is 0 Å². The topological polar surface area (TPSA) is 68.3 Å². The smallest absolute Gasteiger partial charge is 0.190 e. The molecule has 282 valence electrons. The van der Waals surface area contributed by atoms with Gasteiger partial charge in [0, 0.05) is 45.2 Å². The molecular formula is C54H42O4. The second-order valence-corrected chi connectivity index (χ2v) is 17.2. The van der Waals surface area contributed by atoms with Crippen molar-refractivity contribution < 1.29 is 19.2 Å². The average molecular weight is 755 g/mol. The summed E-state index contributed by atoms with van der Waals surface area (Å²) in [6, 6.07) is 47.9. The van der Waals surface area contributed by atoms with E-state index in [4.69, 9.17) is 0 Å². The summed E-state index contributed by atoms with van der Waals surface area (Å²) in [7, 11) is 0. The Kier molecular flexibility index (Phi) is 8.25. The molecule has 0 heterocycles. The number of Topliss-reactive ketones (excluding diaryl/α,β-unsaturated/α-hetero) is 4. The summed E-state index contributed by atoms with van der Waals surface area (Å²) >= 11 is 0. The molecule has 6 atom stereocenters. The molecule has 0 N–H and O–H groups in total. The molecule has 0 aliphatic heterocycles. The van der Waals surface area contributed by atoms with E-state index in [9.17, 15) is 19.2 Å². The van der Waals surface area contributed by atoms with Gasteiger partial charge in [0.05, 0.1) is 0 Å². The lowest BCUT2D eigenvalue weighted by Gasteiger charge is -2.51. The number of ketones is 4. The summed E-state index contributed by atoms with van der Waals surface area (Å²) in [4.78, 5) is 59.7. The van der Waals surface area contributed by atoms with Crippen molar-refractivity contribution in [2.24, 2.45) is 35.5 Å². The molecule has 4 heteroatoms. The molecular weight excluding hydrogens is 713 g/mol. The van der Waals surface area contributed by atoms with Crippen LogP contribution in [0.25, 0.3) is 44.5 Å². The maximum absolute atomic E-state index is 15.0. The van der Waals surface area contributed by atoms with Gasteiger partial charge in [0.15, 0.2) is 23.1 Å². The van der Waals surface area contributed by atoms with Gasteiger partial charge in [-0.05, 0) is 107 Å². The van der Waals surface area contributed by atoms with Crippen molar-refractivity contribution >= 4 is 23.1 Å². The second-order valence-electron chi connectivity index (χ2n) is 17.2. The van der Waals surface area contributed by atoms with E-state index in [0.717, 1.165) is 57.3 Å². The molecule has 0 radical (unpaired) electrons. The van der Waals surface area contributed by atoms with Crippen molar-refractivity contribution in [1.29, 1.82) is 0 Å². The number of carbonyl (C=O) groups is 4. The minimum absolute atomic E-state index is 0.0159. The van der Waals surface area contributed by atoms with E-state index in [1.54, 1.807) is 0 Å². The molecule has 6 unspecified atom stereocenters. The van der Waals surface area contributed by atoms with E-state index >= 15 is 0 Å². The lowest BCUT2D eigenvalue weighted by atomic mass is 9.52. The second kappa shape index (κ2) is 13.7. The van der Waals surface area contributed by atoms with Gasteiger partial charge in [0.2, 0.25) is 0 Å². The van der Waals surface area contributed by atoms with Crippen molar-refractivity contribution in [3.05, 3.63) is 179 Å². The molecule has 2 fully saturated rings. The Morgan fingerprint density at radius 1 is 0.310 bits per heavy atom.